The Balaban J connectivity index is 1.65. The summed E-state index contributed by atoms with van der Waals surface area (Å²) in [5, 5.41) is 17.2. The Morgan fingerprint density at radius 2 is 1.98 bits per heavy atom. The summed E-state index contributed by atoms with van der Waals surface area (Å²) in [5.41, 5.74) is -2.27. The van der Waals surface area contributed by atoms with Gasteiger partial charge in [0.25, 0.3) is 5.56 Å². The number of nitriles is 1. The summed E-state index contributed by atoms with van der Waals surface area (Å²) >= 11 is 0. The van der Waals surface area contributed by atoms with Crippen molar-refractivity contribution in [3.63, 3.8) is 0 Å². The summed E-state index contributed by atoms with van der Waals surface area (Å²) < 4.78 is 42.8. The van der Waals surface area contributed by atoms with Crippen LogP contribution in [0.5, 0.6) is 0 Å². The van der Waals surface area contributed by atoms with Crippen LogP contribution in [0.4, 0.5) is 24.9 Å². The zero-order valence-electron chi connectivity index (χ0n) is 23.2. The quantitative estimate of drug-likeness (QED) is 0.419. The summed E-state index contributed by atoms with van der Waals surface area (Å²) in [6.45, 7) is 9.71. The van der Waals surface area contributed by atoms with E-state index in [9.17, 15) is 28.0 Å². The lowest BCUT2D eigenvalue weighted by Gasteiger charge is -2.42. The molecule has 2 saturated heterocycles. The topological polar surface area (TPSA) is 123 Å². The van der Waals surface area contributed by atoms with Crippen molar-refractivity contribution >= 4 is 28.6 Å². The zero-order chi connectivity index (χ0) is 30.2. The number of fused-ring (bicyclic) bond motifs is 1. The number of carbonyl (C=O) groups excluding carboxylic acids is 1. The van der Waals surface area contributed by atoms with Crippen molar-refractivity contribution in [3.05, 3.63) is 58.5 Å². The highest BCUT2D eigenvalue weighted by atomic mass is 19.4. The predicted octanol–water partition coefficient (Wildman–Crippen LogP) is 2.42. The van der Waals surface area contributed by atoms with Gasteiger partial charge in [0.15, 0.2) is 0 Å². The first-order valence-corrected chi connectivity index (χ1v) is 13.6. The maximum Gasteiger partial charge on any atom is 0.418 e. The maximum atomic E-state index is 14.0. The number of amides is 1. The number of rotatable bonds is 7. The van der Waals surface area contributed by atoms with Crippen LogP contribution in [0.2, 0.25) is 0 Å². The van der Waals surface area contributed by atoms with Crippen molar-refractivity contribution < 1.29 is 18.0 Å². The van der Waals surface area contributed by atoms with Crippen molar-refractivity contribution in [3.8, 4) is 11.8 Å². The first kappa shape index (κ1) is 29.0. The number of halogens is 3. The molecule has 2 aliphatic rings. The highest BCUT2D eigenvalue weighted by Gasteiger charge is 2.37. The van der Waals surface area contributed by atoms with Crippen LogP contribution in [0, 0.1) is 18.3 Å². The second-order valence-corrected chi connectivity index (χ2v) is 10.3. The van der Waals surface area contributed by atoms with E-state index in [1.54, 1.807) is 4.90 Å². The number of aromatic nitrogens is 4. The lowest BCUT2D eigenvalue weighted by Crippen LogP contribution is -2.58. The van der Waals surface area contributed by atoms with Crippen molar-refractivity contribution in [1.82, 2.24) is 30.0 Å². The largest absolute Gasteiger partial charge is 0.418 e. The van der Waals surface area contributed by atoms with Crippen LogP contribution >= 0.6 is 0 Å². The number of nitrogens with zero attached hydrogens (tertiary/aromatic N) is 8. The van der Waals surface area contributed by atoms with E-state index in [0.29, 0.717) is 25.5 Å². The number of hydrogen-bond acceptors (Lipinski definition) is 9. The molecule has 0 saturated carbocycles. The average molecular weight is 582 g/mol. The summed E-state index contributed by atoms with van der Waals surface area (Å²) in [4.78, 5) is 40.9. The van der Waals surface area contributed by atoms with Gasteiger partial charge in [-0.05, 0) is 31.2 Å². The normalized spacial score (nSPS) is 17.7. The highest BCUT2D eigenvalue weighted by molar-refractivity contribution is 5.90. The van der Waals surface area contributed by atoms with E-state index in [-0.39, 0.29) is 53.9 Å². The van der Waals surface area contributed by atoms with Crippen LogP contribution in [-0.2, 0) is 11.0 Å². The number of alkyl halides is 3. The lowest BCUT2D eigenvalue weighted by atomic mass is 10.1. The summed E-state index contributed by atoms with van der Waals surface area (Å²) in [6.07, 6.45) is -2.14. The van der Waals surface area contributed by atoms with E-state index >= 15 is 0 Å². The van der Waals surface area contributed by atoms with Crippen LogP contribution in [0.25, 0.3) is 16.6 Å². The molecule has 1 amide bonds. The number of hydrogen-bond donors (Lipinski definition) is 1. The molecule has 3 aromatic rings. The fraction of sp³-hybridized carbons (Fsp3) is 0.429. The van der Waals surface area contributed by atoms with E-state index in [2.05, 4.69) is 28.0 Å². The molecule has 0 radical (unpaired) electrons. The molecular formula is C28H30F3N9O2. The molecule has 2 fully saturated rings. The van der Waals surface area contributed by atoms with Crippen molar-refractivity contribution in [2.45, 2.75) is 38.5 Å². The van der Waals surface area contributed by atoms with E-state index in [4.69, 9.17) is 4.98 Å². The molecule has 11 nitrogen and oxygen atoms in total. The third kappa shape index (κ3) is 5.27. The summed E-state index contributed by atoms with van der Waals surface area (Å²) in [5.74, 6) is 0.345. The van der Waals surface area contributed by atoms with Gasteiger partial charge in [0.2, 0.25) is 11.9 Å². The third-order valence-electron chi connectivity index (χ3n) is 7.60. The highest BCUT2D eigenvalue weighted by Crippen LogP contribution is 2.36. The molecule has 0 aliphatic carbocycles. The van der Waals surface area contributed by atoms with Gasteiger partial charge in [0, 0.05) is 38.8 Å². The van der Waals surface area contributed by atoms with Gasteiger partial charge in [-0.25, -0.2) is 4.98 Å². The summed E-state index contributed by atoms with van der Waals surface area (Å²) in [6, 6.07) is 5.84. The predicted molar refractivity (Wildman–Crippen MR) is 150 cm³/mol. The number of aryl methyl sites for hydroxylation is 1. The molecular weight excluding hydrogens is 551 g/mol. The van der Waals surface area contributed by atoms with Gasteiger partial charge in [-0.3, -0.25) is 9.59 Å². The van der Waals surface area contributed by atoms with Gasteiger partial charge in [-0.15, -0.1) is 0 Å². The van der Waals surface area contributed by atoms with Gasteiger partial charge in [0.05, 0.1) is 41.4 Å². The number of nitrogens with one attached hydrogen (secondary N) is 1. The monoisotopic (exact) mass is 581 g/mol. The Morgan fingerprint density at radius 1 is 1.21 bits per heavy atom. The molecule has 2 aromatic heterocycles. The Hall–Kier alpha value is -4.51. The molecule has 0 spiro atoms. The Labute approximate surface area is 239 Å². The van der Waals surface area contributed by atoms with Crippen molar-refractivity contribution in [1.29, 1.82) is 5.26 Å². The van der Waals surface area contributed by atoms with Gasteiger partial charge in [0.1, 0.15) is 11.3 Å². The van der Waals surface area contributed by atoms with E-state index < -0.39 is 29.0 Å². The molecule has 1 aromatic carbocycles. The molecule has 220 valence electrons. The van der Waals surface area contributed by atoms with Gasteiger partial charge >= 0.3 is 6.18 Å². The van der Waals surface area contributed by atoms with Crippen LogP contribution in [-0.4, -0.2) is 81.9 Å². The minimum absolute atomic E-state index is 0.0385. The molecule has 1 N–H and O–H groups in total. The molecule has 1 unspecified atom stereocenters. The van der Waals surface area contributed by atoms with Gasteiger partial charge in [-0.2, -0.15) is 33.2 Å². The van der Waals surface area contributed by atoms with E-state index in [1.165, 1.54) is 37.4 Å². The Bertz CT molecular complexity index is 1630. The number of piperazine rings is 1. The molecule has 0 bridgehead atoms. The number of benzene rings is 1. The molecule has 14 heteroatoms. The first-order chi connectivity index (χ1) is 20.1. The fourth-order valence-corrected chi connectivity index (χ4v) is 5.54. The third-order valence-corrected chi connectivity index (χ3v) is 7.60. The van der Waals surface area contributed by atoms with Crippen LogP contribution in [0.1, 0.15) is 24.5 Å². The second kappa shape index (κ2) is 11.4. The van der Waals surface area contributed by atoms with Crippen LogP contribution < -0.4 is 20.7 Å². The molecule has 1 atom stereocenters. The molecule has 42 heavy (non-hydrogen) atoms. The standard InChI is InChI=1S/C28H30F3N9O2/c1-4-22(41)39-12-11-37(16-19(39)9-10-32)25-20-13-34-40(21-8-6-7-17(3)23(21)28(29,30)31)26(42)24(20)35-27(36-25)38-14-18(15-38)33-5-2/h4,6-8,13,18-19,33H,1,5,9,11-12,14-16H2,2-3H3. The average Bonchev–Trinajstić information content (AvgIpc) is 2.93. The molecule has 4 heterocycles. The molecule has 5 rings (SSSR count). The number of anilines is 2. The van der Waals surface area contributed by atoms with Crippen LogP contribution in [0.15, 0.2) is 41.8 Å². The Kier molecular flexibility index (Phi) is 7.87. The maximum absolute atomic E-state index is 14.0. The van der Waals surface area contributed by atoms with Gasteiger partial charge in [-0.1, -0.05) is 25.6 Å². The number of likely N-dealkylation sites (N-methyl/N-ethyl adjacent to an activating group) is 1. The minimum Gasteiger partial charge on any atom is -0.352 e. The first-order valence-electron chi connectivity index (χ1n) is 13.6. The smallest absolute Gasteiger partial charge is 0.352 e. The van der Waals surface area contributed by atoms with E-state index in [1.807, 2.05) is 16.7 Å². The summed E-state index contributed by atoms with van der Waals surface area (Å²) in [7, 11) is 0. The lowest BCUT2D eigenvalue weighted by molar-refractivity contribution is -0.138. The van der Waals surface area contributed by atoms with Crippen molar-refractivity contribution in [2.24, 2.45) is 0 Å². The fourth-order valence-electron chi connectivity index (χ4n) is 5.54. The second-order valence-electron chi connectivity index (χ2n) is 10.3. The number of carbonyl (C=O) groups is 1. The Morgan fingerprint density at radius 3 is 2.64 bits per heavy atom. The van der Waals surface area contributed by atoms with Crippen molar-refractivity contribution in [2.75, 3.05) is 49.1 Å². The molecule has 2 aliphatic heterocycles. The zero-order valence-corrected chi connectivity index (χ0v) is 23.2. The minimum atomic E-state index is -4.71. The van der Waals surface area contributed by atoms with Gasteiger partial charge < -0.3 is 20.0 Å². The van der Waals surface area contributed by atoms with E-state index in [0.717, 1.165) is 11.2 Å². The van der Waals surface area contributed by atoms with Crippen LogP contribution in [0.3, 0.4) is 0 Å². The SMILES string of the molecule is C=CC(=O)N1CCN(c2nc(N3CC(NCC)C3)nc3c(=O)n(-c4cccc(C)c4C(F)(F)F)ncc23)CC1CC#N.